The zero-order valence-corrected chi connectivity index (χ0v) is 13.1. The molecule has 0 aliphatic carbocycles. The van der Waals surface area contributed by atoms with Gasteiger partial charge in [-0.25, -0.2) is 0 Å². The van der Waals surface area contributed by atoms with Gasteiger partial charge in [-0.05, 0) is 13.3 Å². The van der Waals surface area contributed by atoms with E-state index in [4.69, 9.17) is 14.2 Å². The summed E-state index contributed by atoms with van der Waals surface area (Å²) in [5.74, 6) is -0.145. The molecule has 1 heterocycles. The number of nitrogens with one attached hydrogen (secondary N) is 1. The van der Waals surface area contributed by atoms with Crippen LogP contribution >= 0.6 is 0 Å². The second-order valence-electron chi connectivity index (χ2n) is 4.90. The van der Waals surface area contributed by atoms with Crippen LogP contribution in [0.1, 0.15) is 20.3 Å². The molecule has 1 rings (SSSR count). The van der Waals surface area contributed by atoms with Gasteiger partial charge in [0.15, 0.2) is 0 Å². The molecule has 0 radical (unpaired) electrons. The van der Waals surface area contributed by atoms with Crippen LogP contribution in [0.4, 0.5) is 0 Å². The fourth-order valence-electron chi connectivity index (χ4n) is 2.21. The van der Waals surface area contributed by atoms with Crippen LogP contribution in [0.15, 0.2) is 0 Å². The van der Waals surface area contributed by atoms with E-state index in [2.05, 4.69) is 5.32 Å². The number of ether oxygens (including phenoxy) is 3. The summed E-state index contributed by atoms with van der Waals surface area (Å²) >= 11 is 0. The van der Waals surface area contributed by atoms with Crippen molar-refractivity contribution < 1.29 is 23.8 Å². The van der Waals surface area contributed by atoms with E-state index in [-0.39, 0.29) is 11.8 Å². The van der Waals surface area contributed by atoms with Crippen molar-refractivity contribution in [2.45, 2.75) is 32.4 Å². The highest BCUT2D eigenvalue weighted by atomic mass is 16.5. The molecule has 0 bridgehead atoms. The lowest BCUT2D eigenvalue weighted by atomic mass is 10.1. The highest BCUT2D eigenvalue weighted by molar-refractivity contribution is 5.96. The first kappa shape index (κ1) is 17.9. The fourth-order valence-corrected chi connectivity index (χ4v) is 2.21. The summed E-state index contributed by atoms with van der Waals surface area (Å²) in [5, 5.41) is 2.69. The Balaban J connectivity index is 2.25. The lowest BCUT2D eigenvalue weighted by Gasteiger charge is -2.37. The lowest BCUT2D eigenvalue weighted by Crippen LogP contribution is -2.62. The van der Waals surface area contributed by atoms with Crippen LogP contribution in [-0.2, 0) is 23.8 Å². The quantitative estimate of drug-likeness (QED) is 0.565. The second kappa shape index (κ2) is 9.70. The molecule has 21 heavy (non-hydrogen) atoms. The zero-order chi connectivity index (χ0) is 15.7. The summed E-state index contributed by atoms with van der Waals surface area (Å²) in [6.07, 6.45) is 0.602. The van der Waals surface area contributed by atoms with Crippen molar-refractivity contribution in [1.82, 2.24) is 10.2 Å². The molecule has 0 aromatic heterocycles. The van der Waals surface area contributed by atoms with E-state index in [1.807, 2.05) is 6.92 Å². The van der Waals surface area contributed by atoms with Gasteiger partial charge in [0.1, 0.15) is 12.1 Å². The minimum Gasteiger partial charge on any atom is -0.382 e. The molecule has 7 heteroatoms. The van der Waals surface area contributed by atoms with Gasteiger partial charge in [-0.15, -0.1) is 0 Å². The third kappa shape index (κ3) is 5.61. The molecule has 0 aromatic carbocycles. The molecule has 2 amide bonds. The largest absolute Gasteiger partial charge is 0.382 e. The van der Waals surface area contributed by atoms with Gasteiger partial charge in [0.05, 0.1) is 33.0 Å². The third-order valence-electron chi connectivity index (χ3n) is 3.36. The average molecular weight is 302 g/mol. The topological polar surface area (TPSA) is 77.1 Å². The number of carbonyl (C=O) groups excluding carboxylic acids is 2. The molecule has 1 aliphatic heterocycles. The average Bonchev–Trinajstić information content (AvgIpc) is 2.46. The molecule has 1 saturated heterocycles. The fraction of sp³-hybridized carbons (Fsp3) is 0.857. The van der Waals surface area contributed by atoms with Crippen LogP contribution in [0.2, 0.25) is 0 Å². The maximum atomic E-state index is 12.1. The molecule has 122 valence electrons. The number of hydrogen-bond donors (Lipinski definition) is 1. The summed E-state index contributed by atoms with van der Waals surface area (Å²) in [4.78, 5) is 25.6. The lowest BCUT2D eigenvalue weighted by molar-refractivity contribution is -0.149. The number of nitrogens with zero attached hydrogens (tertiary/aromatic N) is 1. The van der Waals surface area contributed by atoms with E-state index in [0.29, 0.717) is 46.0 Å². The number of rotatable bonds is 10. The normalized spacial score (nSPS) is 22.5. The van der Waals surface area contributed by atoms with Gasteiger partial charge in [0.25, 0.3) is 0 Å². The van der Waals surface area contributed by atoms with Crippen molar-refractivity contribution in [2.75, 3.05) is 46.7 Å². The molecule has 7 nitrogen and oxygen atoms in total. The molecular weight excluding hydrogens is 276 g/mol. The zero-order valence-electron chi connectivity index (χ0n) is 13.1. The molecule has 2 unspecified atom stereocenters. The van der Waals surface area contributed by atoms with Crippen molar-refractivity contribution in [3.05, 3.63) is 0 Å². The van der Waals surface area contributed by atoms with Gasteiger partial charge in [-0.1, -0.05) is 6.92 Å². The van der Waals surface area contributed by atoms with Crippen molar-refractivity contribution in [3.63, 3.8) is 0 Å². The Bertz CT molecular complexity index is 337. The molecule has 0 aromatic rings. The number of piperazine rings is 1. The summed E-state index contributed by atoms with van der Waals surface area (Å²) in [6, 6.07) is -0.854. The molecule has 1 fully saturated rings. The first-order valence-electron chi connectivity index (χ1n) is 7.37. The van der Waals surface area contributed by atoms with Crippen molar-refractivity contribution in [2.24, 2.45) is 0 Å². The number of amides is 2. The minimum absolute atomic E-state index is 0.0543. The van der Waals surface area contributed by atoms with Crippen LogP contribution < -0.4 is 5.32 Å². The number of methoxy groups -OCH3 is 1. The predicted octanol–water partition coefficient (Wildman–Crippen LogP) is -0.208. The Labute approximate surface area is 125 Å². The van der Waals surface area contributed by atoms with E-state index >= 15 is 0 Å². The van der Waals surface area contributed by atoms with Crippen molar-refractivity contribution in [1.29, 1.82) is 0 Å². The Morgan fingerprint density at radius 3 is 2.33 bits per heavy atom. The number of carbonyl (C=O) groups is 2. The van der Waals surface area contributed by atoms with Gasteiger partial charge in [0, 0.05) is 13.7 Å². The van der Waals surface area contributed by atoms with Gasteiger partial charge < -0.3 is 24.4 Å². The van der Waals surface area contributed by atoms with Crippen molar-refractivity contribution in [3.8, 4) is 0 Å². The first-order valence-corrected chi connectivity index (χ1v) is 7.37. The Morgan fingerprint density at radius 1 is 1.10 bits per heavy atom. The smallest absolute Gasteiger partial charge is 0.245 e. The van der Waals surface area contributed by atoms with Gasteiger partial charge in [-0.3, -0.25) is 9.59 Å². The van der Waals surface area contributed by atoms with Gasteiger partial charge in [0.2, 0.25) is 11.8 Å². The van der Waals surface area contributed by atoms with Crippen LogP contribution in [0.3, 0.4) is 0 Å². The maximum absolute atomic E-state index is 12.1. The van der Waals surface area contributed by atoms with Gasteiger partial charge >= 0.3 is 0 Å². The van der Waals surface area contributed by atoms with Gasteiger partial charge in [-0.2, -0.15) is 0 Å². The molecule has 1 N–H and O–H groups in total. The van der Waals surface area contributed by atoms with Crippen molar-refractivity contribution >= 4 is 11.8 Å². The molecular formula is C14H26N2O5. The molecule has 2 atom stereocenters. The van der Waals surface area contributed by atoms with Crippen LogP contribution in [0.5, 0.6) is 0 Å². The van der Waals surface area contributed by atoms with Crippen LogP contribution in [-0.4, -0.2) is 75.5 Å². The highest BCUT2D eigenvalue weighted by Crippen LogP contribution is 2.12. The Kier molecular flexibility index (Phi) is 8.26. The van der Waals surface area contributed by atoms with Crippen LogP contribution in [0.25, 0.3) is 0 Å². The highest BCUT2D eigenvalue weighted by Gasteiger charge is 2.36. The summed E-state index contributed by atoms with van der Waals surface area (Å²) < 4.78 is 15.6. The second-order valence-corrected chi connectivity index (χ2v) is 4.90. The maximum Gasteiger partial charge on any atom is 0.245 e. The Morgan fingerprint density at radius 2 is 1.71 bits per heavy atom. The molecule has 1 aliphatic rings. The Hall–Kier alpha value is -1.18. The first-order chi connectivity index (χ1) is 10.1. The van der Waals surface area contributed by atoms with Crippen LogP contribution in [0, 0.1) is 0 Å². The standard InChI is InChI=1S/C14H26N2O5/c1-4-12-13(17)15-11(2)14(18)16(12)5-6-20-9-10-21-8-7-19-3/h11-12H,4-10H2,1-3H3,(H,15,17). The summed E-state index contributed by atoms with van der Waals surface area (Å²) in [7, 11) is 1.62. The van der Waals surface area contributed by atoms with E-state index < -0.39 is 12.1 Å². The SMILES string of the molecule is CCC1C(=O)NC(C)C(=O)N1CCOCCOCCOC. The summed E-state index contributed by atoms with van der Waals surface area (Å²) in [6.45, 7) is 6.47. The van der Waals surface area contributed by atoms with E-state index in [0.717, 1.165) is 0 Å². The van der Waals surface area contributed by atoms with E-state index in [9.17, 15) is 9.59 Å². The monoisotopic (exact) mass is 302 g/mol. The number of hydrogen-bond acceptors (Lipinski definition) is 5. The molecule has 0 spiro atoms. The predicted molar refractivity (Wildman–Crippen MR) is 76.9 cm³/mol. The minimum atomic E-state index is -0.460. The van der Waals surface area contributed by atoms with E-state index in [1.54, 1.807) is 18.9 Å². The van der Waals surface area contributed by atoms with E-state index in [1.165, 1.54) is 0 Å². The molecule has 0 saturated carbocycles. The third-order valence-corrected chi connectivity index (χ3v) is 3.36. The summed E-state index contributed by atoms with van der Waals surface area (Å²) in [5.41, 5.74) is 0.